The van der Waals surface area contributed by atoms with Crippen molar-refractivity contribution in [3.63, 3.8) is 0 Å². The van der Waals surface area contributed by atoms with E-state index in [4.69, 9.17) is 4.74 Å². The molecule has 0 aliphatic heterocycles. The number of hydrogen-bond donors (Lipinski definition) is 0. The fraction of sp³-hybridized carbons (Fsp3) is 0.300. The van der Waals surface area contributed by atoms with Gasteiger partial charge in [-0.3, -0.25) is 4.79 Å². The number of thioether (sulfide) groups is 1. The third-order valence-electron chi connectivity index (χ3n) is 4.15. The Morgan fingerprint density at radius 2 is 1.93 bits per heavy atom. The lowest BCUT2D eigenvalue weighted by atomic mass is 10.1. The Morgan fingerprint density at radius 3 is 2.56 bits per heavy atom. The number of carbonyl (C=O) groups is 2. The summed E-state index contributed by atoms with van der Waals surface area (Å²) in [6.07, 6.45) is 3.58. The first-order chi connectivity index (χ1) is 12.9. The summed E-state index contributed by atoms with van der Waals surface area (Å²) in [4.78, 5) is 30.4. The predicted molar refractivity (Wildman–Crippen MR) is 105 cm³/mol. The maximum absolute atomic E-state index is 12.6. The van der Waals surface area contributed by atoms with Crippen molar-refractivity contribution in [3.05, 3.63) is 53.3 Å². The molecule has 0 saturated carbocycles. The number of esters is 1. The van der Waals surface area contributed by atoms with E-state index in [2.05, 4.69) is 10.1 Å². The summed E-state index contributed by atoms with van der Waals surface area (Å²) >= 11 is 1.60. The lowest BCUT2D eigenvalue weighted by Crippen LogP contribution is -2.15. The molecule has 0 saturated heterocycles. The molecule has 0 N–H and O–H groups in total. The van der Waals surface area contributed by atoms with E-state index >= 15 is 0 Å². The number of ketones is 1. The van der Waals surface area contributed by atoms with Gasteiger partial charge in [-0.25, -0.2) is 14.5 Å². The van der Waals surface area contributed by atoms with Crippen molar-refractivity contribution in [1.29, 1.82) is 0 Å². The Labute approximate surface area is 161 Å². The Hall–Kier alpha value is -2.67. The lowest BCUT2D eigenvalue weighted by Gasteiger charge is -2.09. The first-order valence-electron chi connectivity index (χ1n) is 8.60. The van der Waals surface area contributed by atoms with Gasteiger partial charge in [0.2, 0.25) is 0 Å². The number of aromatic nitrogens is 3. The van der Waals surface area contributed by atoms with E-state index in [1.54, 1.807) is 40.8 Å². The summed E-state index contributed by atoms with van der Waals surface area (Å²) < 4.78 is 7.04. The van der Waals surface area contributed by atoms with Crippen molar-refractivity contribution in [2.75, 3.05) is 12.9 Å². The van der Waals surface area contributed by atoms with Gasteiger partial charge in [0.05, 0.1) is 17.1 Å². The monoisotopic (exact) mass is 383 g/mol. The van der Waals surface area contributed by atoms with Crippen LogP contribution in [0.3, 0.4) is 0 Å². The minimum absolute atomic E-state index is 0.117. The standard InChI is InChI=1S/C20H21N3O3S/c1-12(2)23-19-17(10-21-23)16(9-13(3)22-19)20(25)26-11-18(24)14-5-7-15(27-4)8-6-14/h5-10,12H,11H2,1-4H3. The quantitative estimate of drug-likeness (QED) is 0.363. The molecule has 3 aromatic rings. The Kier molecular flexibility index (Phi) is 5.60. The van der Waals surface area contributed by atoms with E-state index in [-0.39, 0.29) is 18.4 Å². The van der Waals surface area contributed by atoms with Crippen LogP contribution < -0.4 is 0 Å². The maximum Gasteiger partial charge on any atom is 0.339 e. The number of nitrogens with zero attached hydrogens (tertiary/aromatic N) is 3. The summed E-state index contributed by atoms with van der Waals surface area (Å²) in [5, 5.41) is 4.94. The average molecular weight is 383 g/mol. The van der Waals surface area contributed by atoms with Gasteiger partial charge in [0.25, 0.3) is 0 Å². The van der Waals surface area contributed by atoms with Crippen molar-refractivity contribution >= 4 is 34.5 Å². The third-order valence-corrected chi connectivity index (χ3v) is 4.89. The summed E-state index contributed by atoms with van der Waals surface area (Å²) in [6.45, 7) is 5.50. The van der Waals surface area contributed by atoms with E-state index in [1.165, 1.54) is 0 Å². The smallest absolute Gasteiger partial charge is 0.339 e. The zero-order valence-corrected chi connectivity index (χ0v) is 16.5. The maximum atomic E-state index is 12.6. The molecule has 0 amide bonds. The Bertz CT molecular complexity index is 994. The Morgan fingerprint density at radius 1 is 1.22 bits per heavy atom. The van der Waals surface area contributed by atoms with E-state index < -0.39 is 5.97 Å². The Balaban J connectivity index is 1.78. The number of fused-ring (bicyclic) bond motifs is 1. The zero-order chi connectivity index (χ0) is 19.6. The van der Waals surface area contributed by atoms with E-state index in [1.807, 2.05) is 39.2 Å². The first-order valence-corrected chi connectivity index (χ1v) is 9.82. The molecule has 3 rings (SSSR count). The van der Waals surface area contributed by atoms with E-state index in [0.29, 0.717) is 27.9 Å². The van der Waals surface area contributed by atoms with Crippen molar-refractivity contribution in [3.8, 4) is 0 Å². The van der Waals surface area contributed by atoms with Gasteiger partial charge in [-0.1, -0.05) is 12.1 Å². The van der Waals surface area contributed by atoms with Crippen LogP contribution in [0.25, 0.3) is 11.0 Å². The van der Waals surface area contributed by atoms with Crippen LogP contribution in [0.1, 0.15) is 46.3 Å². The number of benzene rings is 1. The number of carbonyl (C=O) groups excluding carboxylic acids is 2. The number of rotatable bonds is 6. The van der Waals surface area contributed by atoms with E-state index in [0.717, 1.165) is 4.90 Å². The second-order valence-corrected chi connectivity index (χ2v) is 7.34. The number of pyridine rings is 1. The largest absolute Gasteiger partial charge is 0.454 e. The van der Waals surface area contributed by atoms with Crippen molar-refractivity contribution in [1.82, 2.24) is 14.8 Å². The first kappa shape index (κ1) is 19.1. The number of Topliss-reactive ketones (excluding diaryl/α,β-unsaturated/α-hetero) is 1. The van der Waals surface area contributed by atoms with Crippen LogP contribution in [0.4, 0.5) is 0 Å². The third kappa shape index (κ3) is 4.03. The molecule has 27 heavy (non-hydrogen) atoms. The molecule has 0 aliphatic carbocycles. The minimum atomic E-state index is -0.553. The van der Waals surface area contributed by atoms with Gasteiger partial charge >= 0.3 is 5.97 Å². The lowest BCUT2D eigenvalue weighted by molar-refractivity contribution is 0.0476. The molecule has 0 aliphatic rings. The molecule has 0 atom stereocenters. The van der Waals surface area contributed by atoms with Gasteiger partial charge in [0, 0.05) is 22.2 Å². The molecule has 0 bridgehead atoms. The summed E-state index contributed by atoms with van der Waals surface area (Å²) in [6, 6.07) is 9.00. The highest BCUT2D eigenvalue weighted by Crippen LogP contribution is 2.22. The fourth-order valence-electron chi connectivity index (χ4n) is 2.76. The number of aryl methyl sites for hydroxylation is 1. The molecule has 0 fully saturated rings. The summed E-state index contributed by atoms with van der Waals surface area (Å²) in [5.41, 5.74) is 2.21. The molecule has 0 radical (unpaired) electrons. The molecule has 6 nitrogen and oxygen atoms in total. The van der Waals surface area contributed by atoms with Gasteiger partial charge in [-0.05, 0) is 45.2 Å². The van der Waals surface area contributed by atoms with Crippen molar-refractivity contribution in [2.45, 2.75) is 31.7 Å². The number of hydrogen-bond acceptors (Lipinski definition) is 6. The molecular formula is C20H21N3O3S. The molecular weight excluding hydrogens is 362 g/mol. The van der Waals surface area contributed by atoms with Crippen molar-refractivity contribution < 1.29 is 14.3 Å². The molecule has 1 aromatic carbocycles. The van der Waals surface area contributed by atoms with E-state index in [9.17, 15) is 9.59 Å². The molecule has 7 heteroatoms. The van der Waals surface area contributed by atoms with Gasteiger partial charge in [-0.15, -0.1) is 11.8 Å². The normalized spacial score (nSPS) is 11.1. The fourth-order valence-corrected chi connectivity index (χ4v) is 3.17. The van der Waals surface area contributed by atoms with Crippen LogP contribution in [0.15, 0.2) is 41.4 Å². The predicted octanol–water partition coefficient (Wildman–Crippen LogP) is 4.08. The highest BCUT2D eigenvalue weighted by molar-refractivity contribution is 7.98. The van der Waals surface area contributed by atoms with Crippen LogP contribution in [0.2, 0.25) is 0 Å². The van der Waals surface area contributed by atoms with Gasteiger partial charge in [0.1, 0.15) is 0 Å². The van der Waals surface area contributed by atoms with Gasteiger partial charge in [-0.2, -0.15) is 5.10 Å². The zero-order valence-electron chi connectivity index (χ0n) is 15.7. The van der Waals surface area contributed by atoms with Crippen LogP contribution in [0.5, 0.6) is 0 Å². The molecule has 2 heterocycles. The van der Waals surface area contributed by atoms with Crippen LogP contribution in [0, 0.1) is 6.92 Å². The second-order valence-electron chi connectivity index (χ2n) is 6.46. The van der Waals surface area contributed by atoms with Crippen molar-refractivity contribution in [2.24, 2.45) is 0 Å². The minimum Gasteiger partial charge on any atom is -0.454 e. The SMILES string of the molecule is CSc1ccc(C(=O)COC(=O)c2cc(C)nc3c2cnn3C(C)C)cc1. The summed E-state index contributed by atoms with van der Waals surface area (Å²) in [7, 11) is 0. The second kappa shape index (κ2) is 7.92. The average Bonchev–Trinajstić information content (AvgIpc) is 3.09. The summed E-state index contributed by atoms with van der Waals surface area (Å²) in [5.74, 6) is -0.793. The topological polar surface area (TPSA) is 74.1 Å². The van der Waals surface area contributed by atoms with Crippen LogP contribution in [-0.4, -0.2) is 39.4 Å². The van der Waals surface area contributed by atoms with Gasteiger partial charge in [0.15, 0.2) is 18.0 Å². The molecule has 0 unspecified atom stereocenters. The van der Waals surface area contributed by atoms with Gasteiger partial charge < -0.3 is 4.74 Å². The highest BCUT2D eigenvalue weighted by atomic mass is 32.2. The van der Waals surface area contributed by atoms with Crippen LogP contribution >= 0.6 is 11.8 Å². The van der Waals surface area contributed by atoms with Crippen LogP contribution in [-0.2, 0) is 4.74 Å². The highest BCUT2D eigenvalue weighted by Gasteiger charge is 2.19. The molecule has 140 valence electrons. The molecule has 0 spiro atoms. The number of ether oxygens (including phenoxy) is 1. The molecule has 2 aromatic heterocycles.